The number of alkyl carbamates (subject to hydrolysis) is 1. The van der Waals surface area contributed by atoms with Gasteiger partial charge in [-0.05, 0) is 27.2 Å². The van der Waals surface area contributed by atoms with Gasteiger partial charge in [0.15, 0.2) is 0 Å². The summed E-state index contributed by atoms with van der Waals surface area (Å²) in [6, 6.07) is -1.36. The van der Waals surface area contributed by atoms with Gasteiger partial charge in [0.2, 0.25) is 0 Å². The van der Waals surface area contributed by atoms with Crippen LogP contribution in [0, 0.1) is 0 Å². The molecular weight excluding hydrogens is 266 g/mol. The van der Waals surface area contributed by atoms with Crippen LogP contribution in [-0.2, 0) is 19.1 Å². The molecule has 0 aliphatic heterocycles. The van der Waals surface area contributed by atoms with Crippen molar-refractivity contribution in [2.45, 2.75) is 58.6 Å². The van der Waals surface area contributed by atoms with Crippen molar-refractivity contribution >= 4 is 18.0 Å². The Morgan fingerprint density at radius 3 is 2.30 bits per heavy atom. The van der Waals surface area contributed by atoms with E-state index in [1.165, 1.54) is 0 Å². The molecular formula is C13H23NO6. The van der Waals surface area contributed by atoms with Crippen LogP contribution in [0.2, 0.25) is 0 Å². The molecule has 0 aromatic carbocycles. The number of carboxylic acid groups (broad SMARTS) is 1. The smallest absolute Gasteiger partial charge is 0.408 e. The molecule has 0 aromatic heterocycles. The van der Waals surface area contributed by atoms with Crippen LogP contribution in [0.5, 0.6) is 0 Å². The Morgan fingerprint density at radius 2 is 1.85 bits per heavy atom. The van der Waals surface area contributed by atoms with E-state index in [0.717, 1.165) is 6.42 Å². The summed E-state index contributed by atoms with van der Waals surface area (Å²) in [6.45, 7) is 7.15. The van der Waals surface area contributed by atoms with E-state index in [-0.39, 0.29) is 6.61 Å². The van der Waals surface area contributed by atoms with E-state index in [2.05, 4.69) is 5.32 Å². The molecule has 0 spiro atoms. The largest absolute Gasteiger partial charge is 0.480 e. The highest BCUT2D eigenvalue weighted by Crippen LogP contribution is 2.07. The van der Waals surface area contributed by atoms with Crippen LogP contribution in [0.3, 0.4) is 0 Å². The highest BCUT2D eigenvalue weighted by molar-refractivity contribution is 5.85. The maximum Gasteiger partial charge on any atom is 0.408 e. The fourth-order valence-corrected chi connectivity index (χ4v) is 1.21. The molecule has 1 amide bonds. The Hall–Kier alpha value is -1.79. The summed E-state index contributed by atoms with van der Waals surface area (Å²) in [5.74, 6) is -1.98. The minimum absolute atomic E-state index is 0.244. The van der Waals surface area contributed by atoms with Crippen LogP contribution in [0.4, 0.5) is 4.79 Å². The van der Waals surface area contributed by atoms with E-state index in [4.69, 9.17) is 14.6 Å². The van der Waals surface area contributed by atoms with Crippen LogP contribution in [-0.4, -0.2) is 41.4 Å². The quantitative estimate of drug-likeness (QED) is 0.546. The summed E-state index contributed by atoms with van der Waals surface area (Å²) in [6.07, 6.45) is 0.263. The van der Waals surface area contributed by atoms with Crippen molar-refractivity contribution in [3.8, 4) is 0 Å². The van der Waals surface area contributed by atoms with E-state index in [1.807, 2.05) is 6.92 Å². The zero-order chi connectivity index (χ0) is 15.8. The minimum atomic E-state index is -1.36. The molecule has 1 unspecified atom stereocenters. The molecule has 0 aromatic rings. The first-order chi connectivity index (χ1) is 9.15. The number of esters is 1. The second-order valence-electron chi connectivity index (χ2n) is 5.32. The number of hydrogen-bond acceptors (Lipinski definition) is 5. The van der Waals surface area contributed by atoms with Crippen LogP contribution in [0.25, 0.3) is 0 Å². The lowest BCUT2D eigenvalue weighted by Crippen LogP contribution is -2.44. The zero-order valence-corrected chi connectivity index (χ0v) is 12.4. The fraction of sp³-hybridized carbons (Fsp3) is 0.769. The van der Waals surface area contributed by atoms with Crippen LogP contribution in [0.1, 0.15) is 47.0 Å². The van der Waals surface area contributed by atoms with Crippen LogP contribution >= 0.6 is 0 Å². The van der Waals surface area contributed by atoms with E-state index >= 15 is 0 Å². The lowest BCUT2D eigenvalue weighted by Gasteiger charge is -2.21. The summed E-state index contributed by atoms with van der Waals surface area (Å²) in [7, 11) is 0. The number of carbonyl (C=O) groups excluding carboxylic acids is 2. The normalized spacial score (nSPS) is 12.4. The van der Waals surface area contributed by atoms with Crippen molar-refractivity contribution in [1.29, 1.82) is 0 Å². The molecule has 0 heterocycles. The zero-order valence-electron chi connectivity index (χ0n) is 12.4. The number of hydrogen-bond donors (Lipinski definition) is 2. The first kappa shape index (κ1) is 18.2. The van der Waals surface area contributed by atoms with Gasteiger partial charge in [-0.1, -0.05) is 13.3 Å². The molecule has 0 saturated heterocycles. The van der Waals surface area contributed by atoms with E-state index in [1.54, 1.807) is 20.8 Å². The fourth-order valence-electron chi connectivity index (χ4n) is 1.21. The number of amides is 1. The lowest BCUT2D eigenvalue weighted by atomic mass is 10.2. The summed E-state index contributed by atoms with van der Waals surface area (Å²) >= 11 is 0. The molecule has 2 N–H and O–H groups in total. The van der Waals surface area contributed by atoms with Gasteiger partial charge in [-0.25, -0.2) is 9.59 Å². The predicted octanol–water partition coefficient (Wildman–Crippen LogP) is 1.70. The van der Waals surface area contributed by atoms with E-state index < -0.39 is 36.1 Å². The second-order valence-corrected chi connectivity index (χ2v) is 5.32. The van der Waals surface area contributed by atoms with Gasteiger partial charge >= 0.3 is 18.0 Å². The number of carbonyl (C=O) groups is 3. The van der Waals surface area contributed by atoms with Gasteiger partial charge in [-0.2, -0.15) is 0 Å². The molecule has 20 heavy (non-hydrogen) atoms. The van der Waals surface area contributed by atoms with Gasteiger partial charge < -0.3 is 19.9 Å². The summed E-state index contributed by atoms with van der Waals surface area (Å²) in [4.78, 5) is 33.9. The molecule has 0 fully saturated rings. The van der Waals surface area contributed by atoms with Crippen molar-refractivity contribution in [3.05, 3.63) is 0 Å². The number of aliphatic carboxylic acids is 1. The minimum Gasteiger partial charge on any atom is -0.480 e. The molecule has 0 saturated carbocycles. The number of ether oxygens (including phenoxy) is 2. The van der Waals surface area contributed by atoms with Gasteiger partial charge in [-0.3, -0.25) is 4.79 Å². The first-order valence-corrected chi connectivity index (χ1v) is 6.53. The standard InChI is InChI=1S/C13H23NO6/c1-5-6-7-19-10(15)8-9(11(16)17)14-12(18)20-13(2,3)4/h9H,5-8H2,1-4H3,(H,14,18)(H,16,17). The van der Waals surface area contributed by atoms with Crippen molar-refractivity contribution in [2.24, 2.45) is 0 Å². The third-order valence-electron chi connectivity index (χ3n) is 2.12. The average Bonchev–Trinajstić information content (AvgIpc) is 2.25. The maximum atomic E-state index is 11.5. The van der Waals surface area contributed by atoms with E-state index in [9.17, 15) is 14.4 Å². The van der Waals surface area contributed by atoms with Crippen molar-refractivity contribution in [1.82, 2.24) is 5.32 Å². The highest BCUT2D eigenvalue weighted by atomic mass is 16.6. The third-order valence-corrected chi connectivity index (χ3v) is 2.12. The number of carboxylic acids is 1. The third kappa shape index (κ3) is 9.18. The molecule has 0 bridgehead atoms. The molecule has 0 radical (unpaired) electrons. The Balaban J connectivity index is 4.33. The summed E-state index contributed by atoms with van der Waals surface area (Å²) < 4.78 is 9.78. The van der Waals surface area contributed by atoms with Gasteiger partial charge in [0, 0.05) is 0 Å². The molecule has 7 heteroatoms. The SMILES string of the molecule is CCCCOC(=O)CC(NC(=O)OC(C)(C)C)C(=O)O. The summed E-state index contributed by atoms with van der Waals surface area (Å²) in [5.41, 5.74) is -0.741. The number of rotatable bonds is 7. The van der Waals surface area contributed by atoms with Gasteiger partial charge in [0.25, 0.3) is 0 Å². The van der Waals surface area contributed by atoms with E-state index in [0.29, 0.717) is 6.42 Å². The lowest BCUT2D eigenvalue weighted by molar-refractivity contribution is -0.149. The molecule has 0 rings (SSSR count). The van der Waals surface area contributed by atoms with Crippen LogP contribution in [0.15, 0.2) is 0 Å². The number of unbranched alkanes of at least 4 members (excludes halogenated alkanes) is 1. The summed E-state index contributed by atoms with van der Waals surface area (Å²) in [5, 5.41) is 11.1. The highest BCUT2D eigenvalue weighted by Gasteiger charge is 2.26. The molecule has 0 aliphatic rings. The van der Waals surface area contributed by atoms with Crippen molar-refractivity contribution in [3.63, 3.8) is 0 Å². The average molecular weight is 289 g/mol. The Labute approximate surface area is 118 Å². The van der Waals surface area contributed by atoms with Crippen molar-refractivity contribution < 1.29 is 29.0 Å². The second kappa shape index (κ2) is 8.39. The Kier molecular flexibility index (Phi) is 7.64. The first-order valence-electron chi connectivity index (χ1n) is 6.53. The maximum absolute atomic E-state index is 11.5. The molecule has 116 valence electrons. The Morgan fingerprint density at radius 1 is 1.25 bits per heavy atom. The molecule has 7 nitrogen and oxygen atoms in total. The molecule has 0 aliphatic carbocycles. The topological polar surface area (TPSA) is 102 Å². The van der Waals surface area contributed by atoms with Crippen molar-refractivity contribution in [2.75, 3.05) is 6.61 Å². The van der Waals surface area contributed by atoms with Gasteiger partial charge in [-0.15, -0.1) is 0 Å². The predicted molar refractivity (Wildman–Crippen MR) is 71.3 cm³/mol. The van der Waals surface area contributed by atoms with Gasteiger partial charge in [0.05, 0.1) is 13.0 Å². The van der Waals surface area contributed by atoms with Gasteiger partial charge in [0.1, 0.15) is 11.6 Å². The molecule has 1 atom stereocenters. The van der Waals surface area contributed by atoms with Crippen LogP contribution < -0.4 is 5.32 Å². The monoisotopic (exact) mass is 289 g/mol. The number of nitrogens with one attached hydrogen (secondary N) is 1. The Bertz CT molecular complexity index is 347.